The molecule has 2 rings (SSSR count). The zero-order valence-electron chi connectivity index (χ0n) is 11.4. The second-order valence-electron chi connectivity index (χ2n) is 4.69. The maximum absolute atomic E-state index is 10.4. The number of aliphatic hydroxyl groups excluding tert-OH is 1. The fourth-order valence-corrected chi connectivity index (χ4v) is 3.00. The van der Waals surface area contributed by atoms with Crippen LogP contribution < -0.4 is 4.74 Å². The van der Waals surface area contributed by atoms with Crippen molar-refractivity contribution in [3.63, 3.8) is 0 Å². The number of aryl methyl sites for hydroxylation is 1. The van der Waals surface area contributed by atoms with Gasteiger partial charge in [0.25, 0.3) is 0 Å². The van der Waals surface area contributed by atoms with Gasteiger partial charge in [0.05, 0.1) is 17.7 Å². The Bertz CT molecular complexity index is 613. The molecule has 0 saturated carbocycles. The second kappa shape index (κ2) is 6.61. The van der Waals surface area contributed by atoms with E-state index in [-0.39, 0.29) is 0 Å². The van der Waals surface area contributed by atoms with Crippen molar-refractivity contribution in [1.29, 1.82) is 0 Å². The summed E-state index contributed by atoms with van der Waals surface area (Å²) < 4.78 is 6.08. The predicted molar refractivity (Wildman–Crippen MR) is 85.5 cm³/mol. The van der Waals surface area contributed by atoms with E-state index in [0.717, 1.165) is 26.9 Å². The van der Waals surface area contributed by atoms with Crippen molar-refractivity contribution in [3.8, 4) is 5.75 Å². The Morgan fingerprint density at radius 2 is 2.00 bits per heavy atom. The first-order valence-electron chi connectivity index (χ1n) is 6.28. The molecule has 0 aliphatic heterocycles. The molecule has 20 heavy (non-hydrogen) atoms. The molecule has 0 fully saturated rings. The summed E-state index contributed by atoms with van der Waals surface area (Å²) in [5.74, 6) is 0.783. The van der Waals surface area contributed by atoms with E-state index in [9.17, 15) is 5.11 Å². The number of methoxy groups -OCH3 is 1. The summed E-state index contributed by atoms with van der Waals surface area (Å²) >= 11 is 9.39. The van der Waals surface area contributed by atoms with E-state index in [1.165, 1.54) is 0 Å². The summed E-state index contributed by atoms with van der Waals surface area (Å²) in [6.07, 6.45) is -0.00186. The molecule has 2 nitrogen and oxygen atoms in total. The Balaban J connectivity index is 2.18. The van der Waals surface area contributed by atoms with E-state index < -0.39 is 6.10 Å². The van der Waals surface area contributed by atoms with E-state index in [4.69, 9.17) is 16.3 Å². The highest BCUT2D eigenvalue weighted by atomic mass is 79.9. The first kappa shape index (κ1) is 15.4. The summed E-state index contributed by atoms with van der Waals surface area (Å²) in [6, 6.07) is 11.4. The third-order valence-corrected chi connectivity index (χ3v) is 4.09. The molecule has 4 heteroatoms. The molecule has 0 radical (unpaired) electrons. The van der Waals surface area contributed by atoms with Gasteiger partial charge in [0.2, 0.25) is 0 Å². The van der Waals surface area contributed by atoms with Crippen LogP contribution in [0.2, 0.25) is 5.02 Å². The normalized spacial score (nSPS) is 12.2. The smallest absolute Gasteiger partial charge is 0.133 e. The predicted octanol–water partition coefficient (Wildman–Crippen LogP) is 4.70. The zero-order valence-corrected chi connectivity index (χ0v) is 13.7. The van der Waals surface area contributed by atoms with Crippen molar-refractivity contribution in [3.05, 3.63) is 62.6 Å². The van der Waals surface area contributed by atoms with Gasteiger partial charge in [-0.1, -0.05) is 23.7 Å². The number of benzene rings is 2. The first-order valence-corrected chi connectivity index (χ1v) is 7.45. The number of hydrogen-bond acceptors (Lipinski definition) is 2. The summed E-state index contributed by atoms with van der Waals surface area (Å²) in [7, 11) is 1.63. The topological polar surface area (TPSA) is 29.5 Å². The largest absolute Gasteiger partial charge is 0.496 e. The van der Waals surface area contributed by atoms with E-state index in [1.807, 2.05) is 37.3 Å². The quantitative estimate of drug-likeness (QED) is 0.861. The van der Waals surface area contributed by atoms with Gasteiger partial charge in [0.1, 0.15) is 5.75 Å². The average Bonchev–Trinajstić information content (AvgIpc) is 2.38. The summed E-state index contributed by atoms with van der Waals surface area (Å²) in [4.78, 5) is 0. The van der Waals surface area contributed by atoms with Crippen molar-refractivity contribution >= 4 is 27.5 Å². The summed E-state index contributed by atoms with van der Waals surface area (Å²) in [5, 5.41) is 11.1. The molecule has 0 heterocycles. The zero-order chi connectivity index (χ0) is 14.7. The third-order valence-electron chi connectivity index (χ3n) is 3.24. The standard InChI is InChI=1S/C16H16BrClO2/c1-10-7-12(18)4-5-13(10)15(19)9-11-3-6-16(20-2)14(17)8-11/h3-8,15,19H,9H2,1-2H3. The number of hydrogen-bond donors (Lipinski definition) is 1. The molecule has 2 aromatic carbocycles. The van der Waals surface area contributed by atoms with Gasteiger partial charge in [-0.05, 0) is 63.8 Å². The lowest BCUT2D eigenvalue weighted by atomic mass is 9.98. The highest BCUT2D eigenvalue weighted by molar-refractivity contribution is 9.10. The van der Waals surface area contributed by atoms with E-state index in [1.54, 1.807) is 13.2 Å². The van der Waals surface area contributed by atoms with Crippen molar-refractivity contribution < 1.29 is 9.84 Å². The van der Waals surface area contributed by atoms with Crippen molar-refractivity contribution in [2.45, 2.75) is 19.4 Å². The van der Waals surface area contributed by atoms with Gasteiger partial charge in [-0.2, -0.15) is 0 Å². The van der Waals surface area contributed by atoms with Crippen LogP contribution in [-0.4, -0.2) is 12.2 Å². The van der Waals surface area contributed by atoms with Crippen LogP contribution in [-0.2, 0) is 6.42 Å². The number of aliphatic hydroxyl groups is 1. The van der Waals surface area contributed by atoms with Gasteiger partial charge >= 0.3 is 0 Å². The molecule has 1 unspecified atom stereocenters. The molecular weight excluding hydrogens is 340 g/mol. The molecule has 0 bridgehead atoms. The molecule has 0 aromatic heterocycles. The summed E-state index contributed by atoms with van der Waals surface area (Å²) in [6.45, 7) is 1.95. The van der Waals surface area contributed by atoms with Gasteiger partial charge in [-0.25, -0.2) is 0 Å². The van der Waals surface area contributed by atoms with Crippen LogP contribution in [0.3, 0.4) is 0 Å². The van der Waals surface area contributed by atoms with Crippen LogP contribution in [0.15, 0.2) is 40.9 Å². The van der Waals surface area contributed by atoms with Crippen molar-refractivity contribution in [1.82, 2.24) is 0 Å². The van der Waals surface area contributed by atoms with Crippen LogP contribution in [0.25, 0.3) is 0 Å². The first-order chi connectivity index (χ1) is 9.51. The third kappa shape index (κ3) is 3.54. The number of halogens is 2. The lowest BCUT2D eigenvalue weighted by Gasteiger charge is -2.15. The molecule has 2 aromatic rings. The molecule has 0 spiro atoms. The van der Waals surface area contributed by atoms with Crippen LogP contribution in [0, 0.1) is 6.92 Å². The Morgan fingerprint density at radius 1 is 1.25 bits per heavy atom. The van der Waals surface area contributed by atoms with E-state index in [2.05, 4.69) is 15.9 Å². The lowest BCUT2D eigenvalue weighted by molar-refractivity contribution is 0.177. The molecule has 1 N–H and O–H groups in total. The molecule has 0 amide bonds. The molecule has 0 aliphatic rings. The molecule has 0 aliphatic carbocycles. The highest BCUT2D eigenvalue weighted by Crippen LogP contribution is 2.29. The molecule has 1 atom stereocenters. The van der Waals surface area contributed by atoms with Crippen molar-refractivity contribution in [2.24, 2.45) is 0 Å². The van der Waals surface area contributed by atoms with Crippen LogP contribution in [0.4, 0.5) is 0 Å². The van der Waals surface area contributed by atoms with Gasteiger partial charge < -0.3 is 9.84 Å². The maximum atomic E-state index is 10.4. The number of ether oxygens (including phenoxy) is 1. The minimum atomic E-state index is -0.549. The van der Waals surface area contributed by atoms with Gasteiger partial charge in [0.15, 0.2) is 0 Å². The van der Waals surface area contributed by atoms with E-state index in [0.29, 0.717) is 11.4 Å². The Morgan fingerprint density at radius 3 is 2.60 bits per heavy atom. The Kier molecular flexibility index (Phi) is 5.08. The minimum Gasteiger partial charge on any atom is -0.496 e. The van der Waals surface area contributed by atoms with Crippen LogP contribution >= 0.6 is 27.5 Å². The van der Waals surface area contributed by atoms with Crippen LogP contribution in [0.5, 0.6) is 5.75 Å². The number of rotatable bonds is 4. The Labute approximate surface area is 132 Å². The molecule has 0 saturated heterocycles. The minimum absolute atomic E-state index is 0.547. The monoisotopic (exact) mass is 354 g/mol. The maximum Gasteiger partial charge on any atom is 0.133 e. The highest BCUT2D eigenvalue weighted by Gasteiger charge is 2.12. The molecular formula is C16H16BrClO2. The van der Waals surface area contributed by atoms with Gasteiger partial charge in [-0.15, -0.1) is 0 Å². The summed E-state index contributed by atoms with van der Waals surface area (Å²) in [5.41, 5.74) is 2.94. The van der Waals surface area contributed by atoms with Crippen LogP contribution in [0.1, 0.15) is 22.8 Å². The fourth-order valence-electron chi connectivity index (χ4n) is 2.18. The van der Waals surface area contributed by atoms with E-state index >= 15 is 0 Å². The van der Waals surface area contributed by atoms with Gasteiger partial charge in [0, 0.05) is 11.4 Å². The second-order valence-corrected chi connectivity index (χ2v) is 5.98. The van der Waals surface area contributed by atoms with Gasteiger partial charge in [-0.3, -0.25) is 0 Å². The fraction of sp³-hybridized carbons (Fsp3) is 0.250. The lowest BCUT2D eigenvalue weighted by Crippen LogP contribution is -2.04. The molecule has 106 valence electrons. The SMILES string of the molecule is COc1ccc(CC(O)c2ccc(Cl)cc2C)cc1Br. The van der Waals surface area contributed by atoms with Crippen molar-refractivity contribution in [2.75, 3.05) is 7.11 Å². The Hall–Kier alpha value is -1.03. The average molecular weight is 356 g/mol.